The van der Waals surface area contributed by atoms with Crippen LogP contribution in [0.1, 0.15) is 0 Å². The third-order valence-electron chi connectivity index (χ3n) is 1.19. The van der Waals surface area contributed by atoms with Gasteiger partial charge in [-0.2, -0.15) is 11.0 Å². The molecule has 0 aliphatic rings. The zero-order chi connectivity index (χ0) is 12.2. The molecule has 92 valence electrons. The lowest BCUT2D eigenvalue weighted by Gasteiger charge is -2.01. The number of hydroxylamine groups is 2. The van der Waals surface area contributed by atoms with Crippen molar-refractivity contribution >= 4 is 11.9 Å². The zero-order valence-electron chi connectivity index (χ0n) is 8.77. The summed E-state index contributed by atoms with van der Waals surface area (Å²) in [5.41, 5.74) is 14.9. The van der Waals surface area contributed by atoms with Gasteiger partial charge >= 0.3 is 11.9 Å². The van der Waals surface area contributed by atoms with Crippen molar-refractivity contribution in [1.82, 2.24) is 11.0 Å². The average Bonchev–Trinajstić information content (AvgIpc) is 2.27. The molecule has 8 heteroatoms. The Balaban J connectivity index is 3.63. The van der Waals surface area contributed by atoms with E-state index in [4.69, 9.17) is 11.5 Å². The van der Waals surface area contributed by atoms with E-state index in [2.05, 4.69) is 20.6 Å². The molecular formula is C8H16N4O4. The van der Waals surface area contributed by atoms with Gasteiger partial charge in [-0.05, 0) is 0 Å². The van der Waals surface area contributed by atoms with Crippen molar-refractivity contribution in [1.29, 1.82) is 0 Å². The highest BCUT2D eigenvalue weighted by Crippen LogP contribution is 1.81. The maximum absolute atomic E-state index is 10.9. The van der Waals surface area contributed by atoms with Crippen molar-refractivity contribution in [3.8, 4) is 0 Å². The predicted molar refractivity (Wildman–Crippen MR) is 55.4 cm³/mol. The molecule has 0 saturated heterocycles. The van der Waals surface area contributed by atoms with Gasteiger partial charge in [0.25, 0.3) is 0 Å². The Morgan fingerprint density at radius 2 is 1.31 bits per heavy atom. The van der Waals surface area contributed by atoms with Gasteiger partial charge in [0.2, 0.25) is 0 Å². The number of hydrogen-bond donors (Lipinski definition) is 4. The SMILES string of the molecule is NCCNOC(=O)/C=C/C(=O)ONCCN. The van der Waals surface area contributed by atoms with Crippen LogP contribution < -0.4 is 22.4 Å². The first kappa shape index (κ1) is 14.5. The van der Waals surface area contributed by atoms with E-state index in [-0.39, 0.29) is 0 Å². The van der Waals surface area contributed by atoms with Crippen molar-refractivity contribution in [3.05, 3.63) is 12.2 Å². The molecule has 0 aliphatic carbocycles. The van der Waals surface area contributed by atoms with Crippen molar-refractivity contribution < 1.29 is 19.3 Å². The van der Waals surface area contributed by atoms with Crippen LogP contribution in [0, 0.1) is 0 Å². The Morgan fingerprint density at radius 3 is 1.62 bits per heavy atom. The van der Waals surface area contributed by atoms with E-state index < -0.39 is 11.9 Å². The molecule has 6 N–H and O–H groups in total. The average molecular weight is 232 g/mol. The molecule has 0 heterocycles. The molecule has 0 bridgehead atoms. The Morgan fingerprint density at radius 1 is 0.938 bits per heavy atom. The molecule has 0 aromatic heterocycles. The van der Waals surface area contributed by atoms with E-state index in [0.29, 0.717) is 26.2 Å². The van der Waals surface area contributed by atoms with Gasteiger partial charge < -0.3 is 21.1 Å². The molecule has 0 fully saturated rings. The first-order valence-electron chi connectivity index (χ1n) is 4.66. The third-order valence-corrected chi connectivity index (χ3v) is 1.19. The van der Waals surface area contributed by atoms with Crippen LogP contribution in [0.2, 0.25) is 0 Å². The quantitative estimate of drug-likeness (QED) is 0.206. The fraction of sp³-hybridized carbons (Fsp3) is 0.500. The summed E-state index contributed by atoms with van der Waals surface area (Å²) >= 11 is 0. The smallest absolute Gasteiger partial charge is 0.349 e. The molecule has 0 spiro atoms. The van der Waals surface area contributed by atoms with Gasteiger partial charge in [0.15, 0.2) is 0 Å². The van der Waals surface area contributed by atoms with Crippen LogP contribution >= 0.6 is 0 Å². The Labute approximate surface area is 92.8 Å². The topological polar surface area (TPSA) is 129 Å². The summed E-state index contributed by atoms with van der Waals surface area (Å²) in [5.74, 6) is -1.44. The van der Waals surface area contributed by atoms with E-state index in [0.717, 1.165) is 12.2 Å². The first-order valence-corrected chi connectivity index (χ1v) is 4.66. The van der Waals surface area contributed by atoms with Crippen LogP contribution in [-0.2, 0) is 19.3 Å². The summed E-state index contributed by atoms with van der Waals surface area (Å²) in [6, 6.07) is 0. The molecule has 0 unspecified atom stereocenters. The lowest BCUT2D eigenvalue weighted by molar-refractivity contribution is -0.147. The third kappa shape index (κ3) is 9.09. The van der Waals surface area contributed by atoms with Crippen LogP contribution in [0.3, 0.4) is 0 Å². The Kier molecular flexibility index (Phi) is 9.12. The molecule has 0 amide bonds. The molecule has 0 aromatic rings. The van der Waals surface area contributed by atoms with Crippen molar-refractivity contribution in [3.63, 3.8) is 0 Å². The monoisotopic (exact) mass is 232 g/mol. The van der Waals surface area contributed by atoms with Crippen molar-refractivity contribution in [2.45, 2.75) is 0 Å². The van der Waals surface area contributed by atoms with Gasteiger partial charge in [0.05, 0.1) is 0 Å². The largest absolute Gasteiger partial charge is 0.367 e. The molecule has 16 heavy (non-hydrogen) atoms. The first-order chi connectivity index (χ1) is 7.70. The number of hydrogen-bond acceptors (Lipinski definition) is 8. The maximum Gasteiger partial charge on any atom is 0.349 e. The number of nitrogens with one attached hydrogen (secondary N) is 2. The summed E-state index contributed by atoms with van der Waals surface area (Å²) in [6.07, 6.45) is 1.85. The summed E-state index contributed by atoms with van der Waals surface area (Å²) in [7, 11) is 0. The summed E-state index contributed by atoms with van der Waals surface area (Å²) in [6.45, 7) is 1.34. The van der Waals surface area contributed by atoms with Gasteiger partial charge in [-0.15, -0.1) is 0 Å². The molecule has 0 radical (unpaired) electrons. The van der Waals surface area contributed by atoms with E-state index in [1.165, 1.54) is 0 Å². The molecular weight excluding hydrogens is 216 g/mol. The van der Waals surface area contributed by atoms with Gasteiger partial charge in [-0.3, -0.25) is 0 Å². The minimum atomic E-state index is -0.718. The normalized spacial score (nSPS) is 10.4. The van der Waals surface area contributed by atoms with Crippen LogP contribution in [-0.4, -0.2) is 38.1 Å². The Bertz CT molecular complexity index is 220. The van der Waals surface area contributed by atoms with Gasteiger partial charge in [-0.1, -0.05) is 0 Å². The number of rotatable bonds is 8. The van der Waals surface area contributed by atoms with Crippen LogP contribution in [0.5, 0.6) is 0 Å². The van der Waals surface area contributed by atoms with Crippen LogP contribution in [0.25, 0.3) is 0 Å². The predicted octanol–water partition coefficient (Wildman–Crippen LogP) is -2.44. The van der Waals surface area contributed by atoms with E-state index in [1.54, 1.807) is 0 Å². The van der Waals surface area contributed by atoms with Gasteiger partial charge in [-0.25, -0.2) is 9.59 Å². The minimum absolute atomic E-state index is 0.335. The van der Waals surface area contributed by atoms with E-state index in [9.17, 15) is 9.59 Å². The highest BCUT2D eigenvalue weighted by Gasteiger charge is 2.00. The highest BCUT2D eigenvalue weighted by molar-refractivity contribution is 5.91. The number of nitrogens with two attached hydrogens (primary N) is 2. The standard InChI is InChI=1S/C8H16N4O4/c9-3-5-11-15-7(13)1-2-8(14)16-12-6-4-10/h1-2,11-12H,3-6,9-10H2/b2-1+. The maximum atomic E-state index is 10.9. The van der Waals surface area contributed by atoms with Crippen LogP contribution in [0.4, 0.5) is 0 Å². The summed E-state index contributed by atoms with van der Waals surface area (Å²) < 4.78 is 0. The fourth-order valence-corrected chi connectivity index (χ4v) is 0.566. The molecule has 0 saturated carbocycles. The second kappa shape index (κ2) is 10.1. The highest BCUT2D eigenvalue weighted by atomic mass is 16.7. The molecule has 0 rings (SSSR count). The van der Waals surface area contributed by atoms with Crippen molar-refractivity contribution in [2.24, 2.45) is 11.5 Å². The van der Waals surface area contributed by atoms with E-state index in [1.807, 2.05) is 0 Å². The van der Waals surface area contributed by atoms with Crippen LogP contribution in [0.15, 0.2) is 12.2 Å². The molecule has 8 nitrogen and oxygen atoms in total. The number of carbonyl (C=O) groups excluding carboxylic acids is 2. The molecule has 0 atom stereocenters. The lowest BCUT2D eigenvalue weighted by Crippen LogP contribution is -2.26. The summed E-state index contributed by atoms with van der Waals surface area (Å²) in [4.78, 5) is 30.7. The second-order valence-electron chi connectivity index (χ2n) is 2.54. The minimum Gasteiger partial charge on any atom is -0.367 e. The lowest BCUT2D eigenvalue weighted by atomic mass is 10.5. The second-order valence-corrected chi connectivity index (χ2v) is 2.54. The Hall–Kier alpha value is -1.48. The van der Waals surface area contributed by atoms with E-state index >= 15 is 0 Å². The van der Waals surface area contributed by atoms with Gasteiger partial charge in [0.1, 0.15) is 0 Å². The van der Waals surface area contributed by atoms with Crippen molar-refractivity contribution in [2.75, 3.05) is 26.2 Å². The fourth-order valence-electron chi connectivity index (χ4n) is 0.566. The molecule has 0 aliphatic heterocycles. The number of carbonyl (C=O) groups is 2. The zero-order valence-corrected chi connectivity index (χ0v) is 8.77. The van der Waals surface area contributed by atoms with Gasteiger partial charge in [0, 0.05) is 38.3 Å². The summed E-state index contributed by atoms with van der Waals surface area (Å²) in [5, 5.41) is 0. The molecule has 0 aromatic carbocycles.